The molecule has 1 aliphatic rings. The number of carboxylic acids is 1. The first-order valence-electron chi connectivity index (χ1n) is 9.09. The van der Waals surface area contributed by atoms with E-state index >= 15 is 0 Å². The number of pyridine rings is 1. The quantitative estimate of drug-likeness (QED) is 0.729. The Morgan fingerprint density at radius 2 is 1.89 bits per heavy atom. The van der Waals surface area contributed by atoms with Crippen LogP contribution in [0, 0.1) is 12.8 Å². The maximum absolute atomic E-state index is 13.0. The number of amides is 1. The Hall–Kier alpha value is -3.48. The standard InChI is InChI=1S/C21H20N4O3/c1-13-6-2-3-7-14(13)15-11-25(12-16(15)21(27)28)20(26)19-10-18(23-24-19)17-8-4-5-9-22-17/h2-10,15-16H,11-12H2,1H3,(H,23,24)(H,27,28). The number of aromatic amines is 1. The van der Waals surface area contributed by atoms with Crippen LogP contribution in [0.15, 0.2) is 54.7 Å². The van der Waals surface area contributed by atoms with Crippen molar-refractivity contribution in [2.75, 3.05) is 13.1 Å². The molecule has 0 radical (unpaired) electrons. The second-order valence-corrected chi connectivity index (χ2v) is 7.00. The fourth-order valence-corrected chi connectivity index (χ4v) is 3.78. The van der Waals surface area contributed by atoms with Gasteiger partial charge in [0.15, 0.2) is 0 Å². The second kappa shape index (κ2) is 7.26. The first-order chi connectivity index (χ1) is 13.5. The Bertz CT molecular complexity index is 1020. The highest BCUT2D eigenvalue weighted by Gasteiger charge is 2.41. The Balaban J connectivity index is 1.58. The van der Waals surface area contributed by atoms with Crippen LogP contribution in [-0.2, 0) is 4.79 Å². The third-order valence-electron chi connectivity index (χ3n) is 5.25. The molecule has 1 saturated heterocycles. The summed E-state index contributed by atoms with van der Waals surface area (Å²) in [4.78, 5) is 30.6. The molecule has 2 atom stereocenters. The molecule has 2 unspecified atom stereocenters. The van der Waals surface area contributed by atoms with Crippen molar-refractivity contribution in [2.45, 2.75) is 12.8 Å². The molecule has 2 N–H and O–H groups in total. The van der Waals surface area contributed by atoms with Crippen LogP contribution in [0.3, 0.4) is 0 Å². The summed E-state index contributed by atoms with van der Waals surface area (Å²) >= 11 is 0. The molecular weight excluding hydrogens is 356 g/mol. The zero-order valence-corrected chi connectivity index (χ0v) is 15.4. The lowest BCUT2D eigenvalue weighted by molar-refractivity contribution is -0.141. The zero-order chi connectivity index (χ0) is 19.7. The van der Waals surface area contributed by atoms with Crippen LogP contribution in [0.1, 0.15) is 27.5 Å². The van der Waals surface area contributed by atoms with Gasteiger partial charge in [-0.05, 0) is 36.2 Å². The number of carboxylic acid groups (broad SMARTS) is 1. The summed E-state index contributed by atoms with van der Waals surface area (Å²) in [6, 6.07) is 14.9. The lowest BCUT2D eigenvalue weighted by Gasteiger charge is -2.17. The van der Waals surface area contributed by atoms with Gasteiger partial charge in [-0.15, -0.1) is 0 Å². The number of carbonyl (C=O) groups excluding carboxylic acids is 1. The number of likely N-dealkylation sites (tertiary alicyclic amines) is 1. The average molecular weight is 376 g/mol. The van der Waals surface area contributed by atoms with Crippen molar-refractivity contribution < 1.29 is 14.7 Å². The zero-order valence-electron chi connectivity index (χ0n) is 15.4. The van der Waals surface area contributed by atoms with Crippen molar-refractivity contribution in [1.29, 1.82) is 0 Å². The summed E-state index contributed by atoms with van der Waals surface area (Å²) in [5.74, 6) is -2.01. The summed E-state index contributed by atoms with van der Waals surface area (Å²) in [5.41, 5.74) is 3.58. The highest BCUT2D eigenvalue weighted by atomic mass is 16.4. The average Bonchev–Trinajstić information content (AvgIpc) is 3.36. The second-order valence-electron chi connectivity index (χ2n) is 7.00. The highest BCUT2D eigenvalue weighted by Crippen LogP contribution is 2.35. The third-order valence-corrected chi connectivity index (χ3v) is 5.25. The number of H-pyrrole nitrogens is 1. The van der Waals surface area contributed by atoms with E-state index in [1.165, 1.54) is 0 Å². The van der Waals surface area contributed by atoms with Gasteiger partial charge >= 0.3 is 5.97 Å². The van der Waals surface area contributed by atoms with E-state index in [-0.39, 0.29) is 18.4 Å². The van der Waals surface area contributed by atoms with Crippen molar-refractivity contribution >= 4 is 11.9 Å². The van der Waals surface area contributed by atoms with Gasteiger partial charge in [-0.3, -0.25) is 19.7 Å². The fraction of sp³-hybridized carbons (Fsp3) is 0.238. The molecule has 1 amide bonds. The predicted octanol–water partition coefficient (Wildman–Crippen LogP) is 2.72. The van der Waals surface area contributed by atoms with Crippen LogP contribution in [0.5, 0.6) is 0 Å². The maximum atomic E-state index is 13.0. The molecule has 3 heterocycles. The number of aryl methyl sites for hydroxylation is 1. The molecule has 0 spiro atoms. The largest absolute Gasteiger partial charge is 0.481 e. The smallest absolute Gasteiger partial charge is 0.308 e. The lowest BCUT2D eigenvalue weighted by Crippen LogP contribution is -2.30. The van der Waals surface area contributed by atoms with Gasteiger partial charge in [0.05, 0.1) is 11.6 Å². The van der Waals surface area contributed by atoms with E-state index in [1.807, 2.05) is 49.4 Å². The number of hydrogen-bond acceptors (Lipinski definition) is 4. The maximum Gasteiger partial charge on any atom is 0.308 e. The van der Waals surface area contributed by atoms with Gasteiger partial charge in [-0.2, -0.15) is 5.10 Å². The van der Waals surface area contributed by atoms with E-state index in [0.29, 0.717) is 23.6 Å². The van der Waals surface area contributed by atoms with E-state index < -0.39 is 11.9 Å². The number of aliphatic carboxylic acids is 1. The van der Waals surface area contributed by atoms with Crippen LogP contribution in [0.25, 0.3) is 11.4 Å². The Morgan fingerprint density at radius 3 is 2.61 bits per heavy atom. The van der Waals surface area contributed by atoms with Crippen molar-refractivity contribution in [2.24, 2.45) is 5.92 Å². The Morgan fingerprint density at radius 1 is 1.11 bits per heavy atom. The molecule has 0 aliphatic carbocycles. The summed E-state index contributed by atoms with van der Waals surface area (Å²) in [6.07, 6.45) is 1.66. The minimum Gasteiger partial charge on any atom is -0.481 e. The normalized spacial score (nSPS) is 19.0. The number of nitrogens with one attached hydrogen (secondary N) is 1. The molecular formula is C21H20N4O3. The van der Waals surface area contributed by atoms with Gasteiger partial charge in [0.25, 0.3) is 5.91 Å². The molecule has 3 aromatic rings. The number of carbonyl (C=O) groups is 2. The van der Waals surface area contributed by atoms with E-state index in [0.717, 1.165) is 11.1 Å². The van der Waals surface area contributed by atoms with Crippen LogP contribution in [0.2, 0.25) is 0 Å². The molecule has 28 heavy (non-hydrogen) atoms. The summed E-state index contributed by atoms with van der Waals surface area (Å²) in [7, 11) is 0. The van der Waals surface area contributed by atoms with Crippen molar-refractivity contribution in [3.63, 3.8) is 0 Å². The van der Waals surface area contributed by atoms with Crippen LogP contribution < -0.4 is 0 Å². The summed E-state index contributed by atoms with van der Waals surface area (Å²) in [6.45, 7) is 2.50. The van der Waals surface area contributed by atoms with Gasteiger partial charge in [0.1, 0.15) is 11.4 Å². The van der Waals surface area contributed by atoms with Gasteiger partial charge in [-0.1, -0.05) is 30.3 Å². The van der Waals surface area contributed by atoms with Crippen molar-refractivity contribution in [3.05, 3.63) is 71.5 Å². The first kappa shape index (κ1) is 17.9. The minimum absolute atomic E-state index is 0.172. The molecule has 7 nitrogen and oxygen atoms in total. The molecule has 0 bridgehead atoms. The topological polar surface area (TPSA) is 99.2 Å². The van der Waals surface area contributed by atoms with Crippen LogP contribution >= 0.6 is 0 Å². The molecule has 1 fully saturated rings. The summed E-state index contributed by atoms with van der Waals surface area (Å²) < 4.78 is 0. The summed E-state index contributed by atoms with van der Waals surface area (Å²) in [5, 5.41) is 16.6. The number of hydrogen-bond donors (Lipinski definition) is 2. The first-order valence-corrected chi connectivity index (χ1v) is 9.09. The van der Waals surface area contributed by atoms with Gasteiger partial charge in [-0.25, -0.2) is 0 Å². The molecule has 2 aromatic heterocycles. The van der Waals surface area contributed by atoms with E-state index in [1.54, 1.807) is 17.2 Å². The predicted molar refractivity (Wildman–Crippen MR) is 103 cm³/mol. The third kappa shape index (κ3) is 3.26. The van der Waals surface area contributed by atoms with Crippen LogP contribution in [-0.4, -0.2) is 50.2 Å². The minimum atomic E-state index is -0.887. The van der Waals surface area contributed by atoms with Crippen molar-refractivity contribution in [3.8, 4) is 11.4 Å². The van der Waals surface area contributed by atoms with E-state index in [9.17, 15) is 14.7 Å². The lowest BCUT2D eigenvalue weighted by atomic mass is 9.86. The number of benzene rings is 1. The molecule has 7 heteroatoms. The molecule has 0 saturated carbocycles. The van der Waals surface area contributed by atoms with Gasteiger partial charge < -0.3 is 10.0 Å². The monoisotopic (exact) mass is 376 g/mol. The molecule has 1 aliphatic heterocycles. The van der Waals surface area contributed by atoms with E-state index in [2.05, 4.69) is 15.2 Å². The Labute approximate surface area is 162 Å². The van der Waals surface area contributed by atoms with Gasteiger partial charge in [0.2, 0.25) is 0 Å². The molecule has 4 rings (SSSR count). The van der Waals surface area contributed by atoms with Crippen LogP contribution in [0.4, 0.5) is 0 Å². The highest BCUT2D eigenvalue weighted by molar-refractivity contribution is 5.94. The van der Waals surface area contributed by atoms with Crippen molar-refractivity contribution in [1.82, 2.24) is 20.1 Å². The number of nitrogens with zero attached hydrogens (tertiary/aromatic N) is 3. The molecule has 1 aromatic carbocycles. The number of aromatic nitrogens is 3. The Kier molecular flexibility index (Phi) is 4.65. The van der Waals surface area contributed by atoms with Gasteiger partial charge in [0, 0.05) is 25.2 Å². The van der Waals surface area contributed by atoms with E-state index in [4.69, 9.17) is 0 Å². The fourth-order valence-electron chi connectivity index (χ4n) is 3.78. The number of rotatable bonds is 4. The molecule has 142 valence electrons. The SMILES string of the molecule is Cc1ccccc1C1CN(C(=O)c2cc(-c3ccccn3)n[nH]2)CC1C(=O)O.